The van der Waals surface area contributed by atoms with E-state index in [4.69, 9.17) is 11.6 Å². The first-order valence-corrected chi connectivity index (χ1v) is 8.61. The zero-order valence-corrected chi connectivity index (χ0v) is 14.8. The Morgan fingerprint density at radius 3 is 2.33 bits per heavy atom. The van der Waals surface area contributed by atoms with E-state index >= 15 is 0 Å². The highest BCUT2D eigenvalue weighted by atomic mass is 35.5. The minimum Gasteiger partial charge on any atom is -0.352 e. The Labute approximate surface area is 158 Å². The third kappa shape index (κ3) is 4.60. The van der Waals surface area contributed by atoms with E-state index in [1.807, 2.05) is 0 Å². The molecule has 1 fully saturated rings. The van der Waals surface area contributed by atoms with Crippen LogP contribution in [0.3, 0.4) is 0 Å². The maximum Gasteiger partial charge on any atom is 0.416 e. The molecular weight excluding hydrogens is 381 g/mol. The highest BCUT2D eigenvalue weighted by Crippen LogP contribution is 2.32. The maximum absolute atomic E-state index is 12.6. The normalized spacial score (nSPS) is 17.3. The SMILES string of the molecule is O=C(NCc1ccc(Cl)cc1)C1CC(=O)N(c2ccc(C(F)(F)F)cc2)C1. The number of nitrogens with one attached hydrogen (secondary N) is 1. The van der Waals surface area contributed by atoms with Crippen LogP contribution >= 0.6 is 11.6 Å². The van der Waals surface area contributed by atoms with Gasteiger partial charge in [0.25, 0.3) is 0 Å². The highest BCUT2D eigenvalue weighted by Gasteiger charge is 2.36. The van der Waals surface area contributed by atoms with E-state index in [0.717, 1.165) is 17.7 Å². The predicted octanol–water partition coefficient (Wildman–Crippen LogP) is 4.03. The molecule has 8 heteroatoms. The number of carbonyl (C=O) groups is 2. The van der Waals surface area contributed by atoms with E-state index < -0.39 is 17.7 Å². The van der Waals surface area contributed by atoms with Crippen molar-refractivity contribution in [1.29, 1.82) is 0 Å². The molecule has 2 amide bonds. The lowest BCUT2D eigenvalue weighted by atomic mass is 10.1. The molecule has 0 spiro atoms. The molecule has 0 bridgehead atoms. The molecule has 1 unspecified atom stereocenters. The van der Waals surface area contributed by atoms with Crippen LogP contribution < -0.4 is 10.2 Å². The minimum atomic E-state index is -4.43. The second-order valence-corrected chi connectivity index (χ2v) is 6.73. The molecule has 3 rings (SSSR count). The van der Waals surface area contributed by atoms with E-state index in [0.29, 0.717) is 17.3 Å². The van der Waals surface area contributed by atoms with Gasteiger partial charge in [-0.15, -0.1) is 0 Å². The smallest absolute Gasteiger partial charge is 0.352 e. The molecule has 1 saturated heterocycles. The summed E-state index contributed by atoms with van der Waals surface area (Å²) >= 11 is 5.81. The summed E-state index contributed by atoms with van der Waals surface area (Å²) in [6, 6.07) is 11.4. The van der Waals surface area contributed by atoms with E-state index in [2.05, 4.69) is 5.32 Å². The summed E-state index contributed by atoms with van der Waals surface area (Å²) in [4.78, 5) is 25.9. The largest absolute Gasteiger partial charge is 0.416 e. The lowest BCUT2D eigenvalue weighted by molar-refractivity contribution is -0.137. The topological polar surface area (TPSA) is 49.4 Å². The average Bonchev–Trinajstić information content (AvgIpc) is 3.02. The lowest BCUT2D eigenvalue weighted by Crippen LogP contribution is -2.32. The molecular formula is C19H16ClF3N2O2. The van der Waals surface area contributed by atoms with Crippen molar-refractivity contribution in [1.82, 2.24) is 5.32 Å². The van der Waals surface area contributed by atoms with Gasteiger partial charge in [0.15, 0.2) is 0 Å². The molecule has 1 N–H and O–H groups in total. The summed E-state index contributed by atoms with van der Waals surface area (Å²) < 4.78 is 37.9. The third-order valence-electron chi connectivity index (χ3n) is 4.38. The Morgan fingerprint density at radius 1 is 1.11 bits per heavy atom. The summed E-state index contributed by atoms with van der Waals surface area (Å²) in [6.45, 7) is 0.442. The molecule has 1 heterocycles. The van der Waals surface area contributed by atoms with E-state index in [-0.39, 0.29) is 24.8 Å². The zero-order valence-electron chi connectivity index (χ0n) is 14.1. The minimum absolute atomic E-state index is 0.0213. The number of hydrogen-bond acceptors (Lipinski definition) is 2. The number of anilines is 1. The molecule has 0 aliphatic carbocycles. The van der Waals surface area contributed by atoms with Crippen LogP contribution in [0.1, 0.15) is 17.5 Å². The zero-order chi connectivity index (χ0) is 19.6. The Hall–Kier alpha value is -2.54. The second kappa shape index (κ2) is 7.60. The number of carbonyl (C=O) groups excluding carboxylic acids is 2. The fourth-order valence-electron chi connectivity index (χ4n) is 2.90. The predicted molar refractivity (Wildman–Crippen MR) is 95.2 cm³/mol. The fourth-order valence-corrected chi connectivity index (χ4v) is 3.02. The van der Waals surface area contributed by atoms with Crippen LogP contribution in [0, 0.1) is 5.92 Å². The van der Waals surface area contributed by atoms with Gasteiger partial charge in [-0.2, -0.15) is 13.2 Å². The highest BCUT2D eigenvalue weighted by molar-refractivity contribution is 6.30. The molecule has 2 aromatic carbocycles. The van der Waals surface area contributed by atoms with E-state index in [1.165, 1.54) is 17.0 Å². The van der Waals surface area contributed by atoms with E-state index in [1.54, 1.807) is 24.3 Å². The van der Waals surface area contributed by atoms with Crippen molar-refractivity contribution in [2.75, 3.05) is 11.4 Å². The van der Waals surface area contributed by atoms with Crippen LogP contribution in [-0.4, -0.2) is 18.4 Å². The lowest BCUT2D eigenvalue weighted by Gasteiger charge is -2.17. The van der Waals surface area contributed by atoms with Gasteiger partial charge in [0.2, 0.25) is 11.8 Å². The number of hydrogen-bond donors (Lipinski definition) is 1. The first-order valence-electron chi connectivity index (χ1n) is 8.24. The summed E-state index contributed by atoms with van der Waals surface area (Å²) in [5.74, 6) is -1.11. The van der Waals surface area contributed by atoms with Gasteiger partial charge in [0, 0.05) is 30.2 Å². The summed E-state index contributed by atoms with van der Waals surface area (Å²) in [7, 11) is 0. The number of alkyl halides is 3. The van der Waals surface area contributed by atoms with Crippen LogP contribution in [-0.2, 0) is 22.3 Å². The van der Waals surface area contributed by atoms with Crippen LogP contribution in [0.25, 0.3) is 0 Å². The molecule has 4 nitrogen and oxygen atoms in total. The Balaban J connectivity index is 1.61. The molecule has 1 atom stereocenters. The molecule has 27 heavy (non-hydrogen) atoms. The first kappa shape index (κ1) is 19.2. The monoisotopic (exact) mass is 396 g/mol. The fraction of sp³-hybridized carbons (Fsp3) is 0.263. The summed E-state index contributed by atoms with van der Waals surface area (Å²) in [6.07, 6.45) is -4.41. The van der Waals surface area contributed by atoms with Gasteiger partial charge in [-0.3, -0.25) is 9.59 Å². The number of nitrogens with zero attached hydrogens (tertiary/aromatic N) is 1. The molecule has 142 valence electrons. The van der Waals surface area contributed by atoms with Gasteiger partial charge in [0.05, 0.1) is 11.5 Å². The Morgan fingerprint density at radius 2 is 1.74 bits per heavy atom. The van der Waals surface area contributed by atoms with Crippen molar-refractivity contribution >= 4 is 29.1 Å². The van der Waals surface area contributed by atoms with Crippen LogP contribution in [0.5, 0.6) is 0 Å². The van der Waals surface area contributed by atoms with Crippen molar-refractivity contribution in [2.45, 2.75) is 19.1 Å². The first-order chi connectivity index (χ1) is 12.7. The third-order valence-corrected chi connectivity index (χ3v) is 4.63. The molecule has 0 radical (unpaired) electrons. The second-order valence-electron chi connectivity index (χ2n) is 6.29. The summed E-state index contributed by atoms with van der Waals surface area (Å²) in [5.41, 5.74) is 0.438. The van der Waals surface area contributed by atoms with Crippen molar-refractivity contribution in [3.8, 4) is 0 Å². The quantitative estimate of drug-likeness (QED) is 0.848. The van der Waals surface area contributed by atoms with Crippen LogP contribution in [0.4, 0.5) is 18.9 Å². The standard InChI is InChI=1S/C19H16ClF3N2O2/c20-15-5-1-12(2-6-15)10-24-18(27)13-9-17(26)25(11-13)16-7-3-14(4-8-16)19(21,22)23/h1-8,13H,9-11H2,(H,24,27). The van der Waals surface area contributed by atoms with Crippen molar-refractivity contribution in [3.63, 3.8) is 0 Å². The van der Waals surface area contributed by atoms with Gasteiger partial charge in [-0.1, -0.05) is 23.7 Å². The Bertz CT molecular complexity index is 836. The maximum atomic E-state index is 12.6. The average molecular weight is 397 g/mol. The molecule has 0 saturated carbocycles. The Kier molecular flexibility index (Phi) is 5.41. The number of amides is 2. The van der Waals surface area contributed by atoms with E-state index in [9.17, 15) is 22.8 Å². The molecule has 2 aromatic rings. The van der Waals surface area contributed by atoms with Gasteiger partial charge >= 0.3 is 6.18 Å². The van der Waals surface area contributed by atoms with Crippen molar-refractivity contribution in [3.05, 3.63) is 64.7 Å². The van der Waals surface area contributed by atoms with Gasteiger partial charge in [-0.05, 0) is 42.0 Å². The van der Waals surface area contributed by atoms with Crippen LogP contribution in [0.2, 0.25) is 5.02 Å². The van der Waals surface area contributed by atoms with Gasteiger partial charge in [0.1, 0.15) is 0 Å². The van der Waals surface area contributed by atoms with Crippen molar-refractivity contribution < 1.29 is 22.8 Å². The molecule has 1 aliphatic rings. The molecule has 0 aromatic heterocycles. The van der Waals surface area contributed by atoms with Crippen LogP contribution in [0.15, 0.2) is 48.5 Å². The molecule has 1 aliphatic heterocycles. The number of halogens is 4. The van der Waals surface area contributed by atoms with Gasteiger partial charge < -0.3 is 10.2 Å². The number of rotatable bonds is 4. The van der Waals surface area contributed by atoms with Gasteiger partial charge in [-0.25, -0.2) is 0 Å². The summed E-state index contributed by atoms with van der Waals surface area (Å²) in [5, 5.41) is 3.37. The van der Waals surface area contributed by atoms with Crippen molar-refractivity contribution in [2.24, 2.45) is 5.92 Å². The number of benzene rings is 2.